The van der Waals surface area contributed by atoms with Gasteiger partial charge in [-0.25, -0.2) is 0 Å². The lowest BCUT2D eigenvalue weighted by atomic mass is 10.1. The van der Waals surface area contributed by atoms with Gasteiger partial charge in [0.15, 0.2) is 0 Å². The third kappa shape index (κ3) is 4.40. The Labute approximate surface area is 143 Å². The number of pyridine rings is 1. The van der Waals surface area contributed by atoms with Crippen LogP contribution in [0.25, 0.3) is 0 Å². The summed E-state index contributed by atoms with van der Waals surface area (Å²) in [5.74, 6) is 0.0522. The van der Waals surface area contributed by atoms with Gasteiger partial charge >= 0.3 is 0 Å². The van der Waals surface area contributed by atoms with Crippen LogP contribution in [0.15, 0.2) is 54.7 Å². The number of rotatable bonds is 5. The van der Waals surface area contributed by atoms with Gasteiger partial charge in [0.05, 0.1) is 11.7 Å². The molecule has 0 aliphatic carbocycles. The Balaban J connectivity index is 1.48. The SMILES string of the molecule is NC(Cc1ccccc1)C(=O)N1CCN(Cc2ccccn2)CC1. The number of nitrogens with two attached hydrogens (primary N) is 1. The first-order valence-corrected chi connectivity index (χ1v) is 8.43. The molecule has 1 aromatic carbocycles. The van der Waals surface area contributed by atoms with E-state index in [1.165, 1.54) is 0 Å². The van der Waals surface area contributed by atoms with Gasteiger partial charge in [-0.05, 0) is 24.1 Å². The van der Waals surface area contributed by atoms with E-state index >= 15 is 0 Å². The van der Waals surface area contributed by atoms with Gasteiger partial charge in [0.1, 0.15) is 0 Å². The third-order valence-electron chi connectivity index (χ3n) is 4.41. The molecule has 1 fully saturated rings. The summed E-state index contributed by atoms with van der Waals surface area (Å²) in [6.07, 6.45) is 2.41. The normalized spacial score (nSPS) is 16.8. The Morgan fingerprint density at radius 2 is 1.75 bits per heavy atom. The van der Waals surface area contributed by atoms with E-state index in [0.29, 0.717) is 6.42 Å². The van der Waals surface area contributed by atoms with Crippen LogP contribution in [-0.4, -0.2) is 52.9 Å². The van der Waals surface area contributed by atoms with E-state index in [1.54, 1.807) is 0 Å². The van der Waals surface area contributed by atoms with E-state index < -0.39 is 6.04 Å². The largest absolute Gasteiger partial charge is 0.339 e. The highest BCUT2D eigenvalue weighted by Gasteiger charge is 2.25. The average Bonchev–Trinajstić information content (AvgIpc) is 2.63. The predicted molar refractivity (Wildman–Crippen MR) is 94.2 cm³/mol. The molecule has 0 bridgehead atoms. The Morgan fingerprint density at radius 1 is 1.04 bits per heavy atom. The molecule has 1 amide bonds. The van der Waals surface area contributed by atoms with Gasteiger partial charge in [0, 0.05) is 38.9 Å². The van der Waals surface area contributed by atoms with Gasteiger partial charge in [-0.2, -0.15) is 0 Å². The van der Waals surface area contributed by atoms with Crippen LogP contribution in [0.4, 0.5) is 0 Å². The Kier molecular flexibility index (Phi) is 5.56. The molecule has 3 rings (SSSR count). The first-order chi connectivity index (χ1) is 11.7. The van der Waals surface area contributed by atoms with Crippen molar-refractivity contribution in [2.75, 3.05) is 26.2 Å². The summed E-state index contributed by atoms with van der Waals surface area (Å²) in [5.41, 5.74) is 8.29. The molecule has 0 saturated carbocycles. The molecular weight excluding hydrogens is 300 g/mol. The first-order valence-electron chi connectivity index (χ1n) is 8.43. The summed E-state index contributed by atoms with van der Waals surface area (Å²) in [4.78, 5) is 21.1. The Morgan fingerprint density at radius 3 is 2.42 bits per heavy atom. The van der Waals surface area contributed by atoms with Crippen molar-refractivity contribution in [3.63, 3.8) is 0 Å². The molecular formula is C19H24N4O. The molecule has 0 radical (unpaired) electrons. The van der Waals surface area contributed by atoms with Crippen LogP contribution >= 0.6 is 0 Å². The lowest BCUT2D eigenvalue weighted by Gasteiger charge is -2.35. The third-order valence-corrected chi connectivity index (χ3v) is 4.41. The van der Waals surface area contributed by atoms with Crippen molar-refractivity contribution in [1.29, 1.82) is 0 Å². The highest BCUT2D eigenvalue weighted by molar-refractivity contribution is 5.82. The predicted octanol–water partition coefficient (Wildman–Crippen LogP) is 1.30. The summed E-state index contributed by atoms with van der Waals surface area (Å²) < 4.78 is 0. The smallest absolute Gasteiger partial charge is 0.239 e. The van der Waals surface area contributed by atoms with Gasteiger partial charge in [0.2, 0.25) is 5.91 Å². The minimum Gasteiger partial charge on any atom is -0.339 e. The number of carbonyl (C=O) groups is 1. The summed E-state index contributed by atoms with van der Waals surface area (Å²) >= 11 is 0. The molecule has 1 atom stereocenters. The van der Waals surface area contributed by atoms with E-state index in [0.717, 1.165) is 44.0 Å². The van der Waals surface area contributed by atoms with Crippen molar-refractivity contribution in [1.82, 2.24) is 14.8 Å². The maximum absolute atomic E-state index is 12.5. The molecule has 126 valence electrons. The number of carbonyl (C=O) groups excluding carboxylic acids is 1. The highest BCUT2D eigenvalue weighted by atomic mass is 16.2. The van der Waals surface area contributed by atoms with Gasteiger partial charge in [-0.3, -0.25) is 14.7 Å². The molecule has 1 aromatic heterocycles. The van der Waals surface area contributed by atoms with Crippen LogP contribution in [0.2, 0.25) is 0 Å². The van der Waals surface area contributed by atoms with Crippen LogP contribution in [0, 0.1) is 0 Å². The van der Waals surface area contributed by atoms with Gasteiger partial charge in [-0.1, -0.05) is 36.4 Å². The molecule has 2 N–H and O–H groups in total. The molecule has 5 nitrogen and oxygen atoms in total. The number of amides is 1. The molecule has 24 heavy (non-hydrogen) atoms. The molecule has 2 aromatic rings. The van der Waals surface area contributed by atoms with E-state index in [2.05, 4.69) is 9.88 Å². The minimum absolute atomic E-state index is 0.0522. The molecule has 0 spiro atoms. The van der Waals surface area contributed by atoms with Crippen molar-refractivity contribution in [3.8, 4) is 0 Å². The molecule has 1 aliphatic heterocycles. The number of benzene rings is 1. The van der Waals surface area contributed by atoms with E-state index in [1.807, 2.05) is 59.6 Å². The first kappa shape index (κ1) is 16.6. The van der Waals surface area contributed by atoms with Crippen LogP contribution < -0.4 is 5.73 Å². The number of hydrogen-bond donors (Lipinski definition) is 1. The average molecular weight is 324 g/mol. The van der Waals surface area contributed by atoms with Crippen LogP contribution in [0.5, 0.6) is 0 Å². The highest BCUT2D eigenvalue weighted by Crippen LogP contribution is 2.09. The minimum atomic E-state index is -0.463. The maximum Gasteiger partial charge on any atom is 0.239 e. The van der Waals surface area contributed by atoms with Crippen molar-refractivity contribution in [2.45, 2.75) is 19.0 Å². The molecule has 1 saturated heterocycles. The number of piperazine rings is 1. The summed E-state index contributed by atoms with van der Waals surface area (Å²) in [5, 5.41) is 0. The molecule has 5 heteroatoms. The lowest BCUT2D eigenvalue weighted by Crippen LogP contribution is -2.53. The fraction of sp³-hybridized carbons (Fsp3) is 0.368. The second-order valence-corrected chi connectivity index (χ2v) is 6.22. The topological polar surface area (TPSA) is 62.5 Å². The number of nitrogens with zero attached hydrogens (tertiary/aromatic N) is 3. The van der Waals surface area contributed by atoms with Crippen LogP contribution in [0.1, 0.15) is 11.3 Å². The summed E-state index contributed by atoms with van der Waals surface area (Å²) in [6, 6.07) is 15.4. The van der Waals surface area contributed by atoms with E-state index in [9.17, 15) is 4.79 Å². The van der Waals surface area contributed by atoms with Gasteiger partial charge < -0.3 is 10.6 Å². The maximum atomic E-state index is 12.5. The molecule has 1 unspecified atom stereocenters. The molecule has 2 heterocycles. The fourth-order valence-corrected chi connectivity index (χ4v) is 3.04. The summed E-state index contributed by atoms with van der Waals surface area (Å²) in [6.45, 7) is 4.02. The van der Waals surface area contributed by atoms with Crippen molar-refractivity contribution in [3.05, 3.63) is 66.0 Å². The van der Waals surface area contributed by atoms with E-state index in [-0.39, 0.29) is 5.91 Å². The van der Waals surface area contributed by atoms with Gasteiger partial charge in [0.25, 0.3) is 0 Å². The standard InChI is InChI=1S/C19H24N4O/c20-18(14-16-6-2-1-3-7-16)19(24)23-12-10-22(11-13-23)15-17-8-4-5-9-21-17/h1-9,18H,10-15,20H2. The van der Waals surface area contributed by atoms with Crippen LogP contribution in [0.3, 0.4) is 0 Å². The quantitative estimate of drug-likeness (QED) is 0.900. The van der Waals surface area contributed by atoms with Crippen molar-refractivity contribution in [2.24, 2.45) is 5.73 Å². The lowest BCUT2D eigenvalue weighted by molar-refractivity contribution is -0.134. The van der Waals surface area contributed by atoms with Crippen molar-refractivity contribution < 1.29 is 4.79 Å². The van der Waals surface area contributed by atoms with Crippen molar-refractivity contribution >= 4 is 5.91 Å². The zero-order chi connectivity index (χ0) is 16.8. The van der Waals surface area contributed by atoms with Crippen LogP contribution in [-0.2, 0) is 17.8 Å². The van der Waals surface area contributed by atoms with Gasteiger partial charge in [-0.15, -0.1) is 0 Å². The second kappa shape index (κ2) is 8.04. The monoisotopic (exact) mass is 324 g/mol. The number of aromatic nitrogens is 1. The number of hydrogen-bond acceptors (Lipinski definition) is 4. The van der Waals surface area contributed by atoms with E-state index in [4.69, 9.17) is 5.73 Å². The zero-order valence-corrected chi connectivity index (χ0v) is 13.8. The second-order valence-electron chi connectivity index (χ2n) is 6.22. The fourth-order valence-electron chi connectivity index (χ4n) is 3.04. The summed E-state index contributed by atoms with van der Waals surface area (Å²) in [7, 11) is 0. The Hall–Kier alpha value is -2.24. The Bertz CT molecular complexity index is 639. The molecule has 1 aliphatic rings. The zero-order valence-electron chi connectivity index (χ0n) is 13.8.